The summed E-state index contributed by atoms with van der Waals surface area (Å²) in [4.78, 5) is 20.0. The molecule has 0 aromatic carbocycles. The van der Waals surface area contributed by atoms with E-state index in [4.69, 9.17) is 5.11 Å². The third-order valence-electron chi connectivity index (χ3n) is 0.718. The number of carbonyl (C=O) groups is 2. The minimum atomic E-state index is -1.52. The summed E-state index contributed by atoms with van der Waals surface area (Å²) >= 11 is 0. The SMILES string of the molecule is COC(C(N)=O)C(=O)O. The summed E-state index contributed by atoms with van der Waals surface area (Å²) in [5.74, 6) is -2.37. The second kappa shape index (κ2) is 3.03. The highest BCUT2D eigenvalue weighted by Crippen LogP contribution is 1.86. The molecule has 0 radical (unpaired) electrons. The van der Waals surface area contributed by atoms with E-state index < -0.39 is 18.0 Å². The predicted molar refractivity (Wildman–Crippen MR) is 27.6 cm³/mol. The molecule has 3 N–H and O–H groups in total. The van der Waals surface area contributed by atoms with Crippen LogP contribution in [0.4, 0.5) is 0 Å². The van der Waals surface area contributed by atoms with Gasteiger partial charge in [0.25, 0.3) is 5.91 Å². The third-order valence-corrected chi connectivity index (χ3v) is 0.718. The number of carbonyl (C=O) groups excluding carboxylic acids is 1. The summed E-state index contributed by atoms with van der Waals surface area (Å²) in [5.41, 5.74) is 4.60. The van der Waals surface area contributed by atoms with Crippen LogP contribution in [0.5, 0.6) is 0 Å². The molecule has 5 nitrogen and oxygen atoms in total. The van der Waals surface area contributed by atoms with Crippen LogP contribution in [-0.4, -0.2) is 30.2 Å². The Labute approximate surface area is 51.4 Å². The number of carboxylic acids is 1. The number of nitrogens with two attached hydrogens (primary N) is 1. The Hall–Kier alpha value is -1.10. The van der Waals surface area contributed by atoms with Gasteiger partial charge in [-0.2, -0.15) is 0 Å². The van der Waals surface area contributed by atoms with Crippen molar-refractivity contribution >= 4 is 11.9 Å². The molecule has 9 heavy (non-hydrogen) atoms. The number of primary amides is 1. The zero-order valence-electron chi connectivity index (χ0n) is 4.83. The molecule has 1 atom stereocenters. The third kappa shape index (κ3) is 2.09. The number of amides is 1. The Bertz CT molecular complexity index is 119. The molecule has 0 saturated carbocycles. The van der Waals surface area contributed by atoms with Gasteiger partial charge in [0.05, 0.1) is 0 Å². The van der Waals surface area contributed by atoms with Crippen LogP contribution in [0, 0.1) is 0 Å². The minimum Gasteiger partial charge on any atom is -0.479 e. The molecule has 1 amide bonds. The molecule has 0 rings (SSSR count). The van der Waals surface area contributed by atoms with Gasteiger partial charge in [-0.25, -0.2) is 4.79 Å². The number of hydrogen-bond acceptors (Lipinski definition) is 3. The summed E-state index contributed by atoms with van der Waals surface area (Å²) in [6.45, 7) is 0. The molecule has 0 fully saturated rings. The Morgan fingerprint density at radius 1 is 1.67 bits per heavy atom. The van der Waals surface area contributed by atoms with E-state index in [1.54, 1.807) is 0 Å². The highest BCUT2D eigenvalue weighted by atomic mass is 16.5. The molecule has 52 valence electrons. The van der Waals surface area contributed by atoms with Crippen molar-refractivity contribution < 1.29 is 19.4 Å². The topological polar surface area (TPSA) is 89.6 Å². The number of ether oxygens (including phenoxy) is 1. The van der Waals surface area contributed by atoms with Gasteiger partial charge in [0.15, 0.2) is 0 Å². The molecule has 0 aliphatic carbocycles. The average molecular weight is 133 g/mol. The first-order chi connectivity index (χ1) is 4.09. The summed E-state index contributed by atoms with van der Waals surface area (Å²) < 4.78 is 4.20. The summed E-state index contributed by atoms with van der Waals surface area (Å²) in [7, 11) is 1.10. The van der Waals surface area contributed by atoms with Crippen LogP contribution in [0.2, 0.25) is 0 Å². The molecule has 0 saturated heterocycles. The maximum Gasteiger partial charge on any atom is 0.342 e. The highest BCUT2D eigenvalue weighted by molar-refractivity contribution is 5.99. The zero-order chi connectivity index (χ0) is 7.44. The zero-order valence-corrected chi connectivity index (χ0v) is 4.83. The molecular formula is C4H7NO4. The van der Waals surface area contributed by atoms with Crippen molar-refractivity contribution in [3.05, 3.63) is 0 Å². The van der Waals surface area contributed by atoms with E-state index in [9.17, 15) is 9.59 Å². The lowest BCUT2D eigenvalue weighted by atomic mass is 10.3. The van der Waals surface area contributed by atoms with Gasteiger partial charge in [-0.05, 0) is 0 Å². The van der Waals surface area contributed by atoms with E-state index in [0.29, 0.717) is 0 Å². The van der Waals surface area contributed by atoms with Crippen molar-refractivity contribution in [3.8, 4) is 0 Å². The Kier molecular flexibility index (Phi) is 2.66. The number of aliphatic carboxylic acids is 1. The maximum absolute atomic E-state index is 10.1. The van der Waals surface area contributed by atoms with Gasteiger partial charge >= 0.3 is 5.97 Å². The lowest BCUT2D eigenvalue weighted by Gasteiger charge is -2.02. The molecule has 0 aromatic rings. The van der Waals surface area contributed by atoms with Crippen LogP contribution in [-0.2, 0) is 14.3 Å². The Balaban J connectivity index is 3.99. The van der Waals surface area contributed by atoms with Crippen molar-refractivity contribution in [2.75, 3.05) is 7.11 Å². The van der Waals surface area contributed by atoms with E-state index in [0.717, 1.165) is 7.11 Å². The van der Waals surface area contributed by atoms with E-state index in [1.807, 2.05) is 0 Å². The van der Waals surface area contributed by atoms with Gasteiger partial charge in [-0.1, -0.05) is 0 Å². The molecular weight excluding hydrogens is 126 g/mol. The summed E-state index contributed by atoms with van der Waals surface area (Å²) in [5, 5.41) is 8.12. The summed E-state index contributed by atoms with van der Waals surface area (Å²) in [6.07, 6.45) is -1.52. The molecule has 0 aromatic heterocycles. The monoisotopic (exact) mass is 133 g/mol. The number of hydrogen-bond donors (Lipinski definition) is 2. The van der Waals surface area contributed by atoms with Gasteiger partial charge < -0.3 is 15.6 Å². The largest absolute Gasteiger partial charge is 0.479 e. The van der Waals surface area contributed by atoms with Crippen molar-refractivity contribution in [1.29, 1.82) is 0 Å². The van der Waals surface area contributed by atoms with E-state index in [1.165, 1.54) is 0 Å². The maximum atomic E-state index is 10.1. The van der Waals surface area contributed by atoms with Crippen molar-refractivity contribution in [2.24, 2.45) is 5.73 Å². The Morgan fingerprint density at radius 2 is 2.11 bits per heavy atom. The van der Waals surface area contributed by atoms with Gasteiger partial charge in [0.2, 0.25) is 6.10 Å². The highest BCUT2D eigenvalue weighted by Gasteiger charge is 2.21. The van der Waals surface area contributed by atoms with Crippen LogP contribution in [0.25, 0.3) is 0 Å². The molecule has 5 heteroatoms. The first kappa shape index (κ1) is 7.90. The van der Waals surface area contributed by atoms with E-state index in [2.05, 4.69) is 10.5 Å². The quantitative estimate of drug-likeness (QED) is 0.462. The number of rotatable bonds is 3. The molecule has 0 aliphatic rings. The molecule has 0 aliphatic heterocycles. The second-order valence-corrected chi connectivity index (χ2v) is 1.36. The summed E-state index contributed by atoms with van der Waals surface area (Å²) in [6, 6.07) is 0. The number of methoxy groups -OCH3 is 1. The first-order valence-corrected chi connectivity index (χ1v) is 2.14. The van der Waals surface area contributed by atoms with Crippen molar-refractivity contribution in [2.45, 2.75) is 6.10 Å². The first-order valence-electron chi connectivity index (χ1n) is 2.14. The lowest BCUT2D eigenvalue weighted by molar-refractivity contribution is -0.153. The van der Waals surface area contributed by atoms with Crippen LogP contribution in [0.3, 0.4) is 0 Å². The number of carboxylic acid groups (broad SMARTS) is 1. The fourth-order valence-electron chi connectivity index (χ4n) is 0.339. The molecule has 0 bridgehead atoms. The van der Waals surface area contributed by atoms with Crippen LogP contribution in [0.1, 0.15) is 0 Å². The Morgan fingerprint density at radius 3 is 2.11 bits per heavy atom. The second-order valence-electron chi connectivity index (χ2n) is 1.36. The van der Waals surface area contributed by atoms with Gasteiger partial charge in [0, 0.05) is 7.11 Å². The molecule has 0 spiro atoms. The standard InChI is InChI=1S/C4H7NO4/c1-9-2(3(5)6)4(7)8/h2H,1H3,(H2,5,6)(H,7,8). The lowest BCUT2D eigenvalue weighted by Crippen LogP contribution is -2.37. The van der Waals surface area contributed by atoms with Crippen molar-refractivity contribution in [3.63, 3.8) is 0 Å². The van der Waals surface area contributed by atoms with Crippen LogP contribution < -0.4 is 5.73 Å². The van der Waals surface area contributed by atoms with E-state index in [-0.39, 0.29) is 0 Å². The molecule has 0 heterocycles. The molecule has 1 unspecified atom stereocenters. The minimum absolute atomic E-state index is 0.995. The smallest absolute Gasteiger partial charge is 0.342 e. The van der Waals surface area contributed by atoms with Gasteiger partial charge in [-0.15, -0.1) is 0 Å². The van der Waals surface area contributed by atoms with Gasteiger partial charge in [0.1, 0.15) is 0 Å². The average Bonchev–Trinajstić information content (AvgIpc) is 1.64. The van der Waals surface area contributed by atoms with Crippen LogP contribution in [0.15, 0.2) is 0 Å². The predicted octanol–water partition coefficient (Wildman–Crippen LogP) is -1.43. The van der Waals surface area contributed by atoms with Gasteiger partial charge in [-0.3, -0.25) is 4.79 Å². The fourth-order valence-corrected chi connectivity index (χ4v) is 0.339. The van der Waals surface area contributed by atoms with Crippen LogP contribution >= 0.6 is 0 Å². The normalized spacial score (nSPS) is 12.6. The fraction of sp³-hybridized carbons (Fsp3) is 0.500. The van der Waals surface area contributed by atoms with Crippen molar-refractivity contribution in [1.82, 2.24) is 0 Å². The van der Waals surface area contributed by atoms with E-state index >= 15 is 0 Å².